The maximum Gasteiger partial charge on any atom is 0.224 e. The van der Waals surface area contributed by atoms with Crippen LogP contribution in [0.1, 0.15) is 33.1 Å². The van der Waals surface area contributed by atoms with Crippen molar-refractivity contribution in [1.29, 1.82) is 0 Å². The Balaban J connectivity index is 2.66. The van der Waals surface area contributed by atoms with Crippen molar-refractivity contribution in [2.24, 2.45) is 0 Å². The van der Waals surface area contributed by atoms with Crippen LogP contribution in [0.5, 0.6) is 11.5 Å². The van der Waals surface area contributed by atoms with E-state index in [2.05, 4.69) is 5.32 Å². The molecule has 1 aromatic rings. The minimum atomic E-state index is -0.0123. The molecule has 0 aliphatic carbocycles. The smallest absolute Gasteiger partial charge is 0.224 e. The predicted molar refractivity (Wildman–Crippen MR) is 82.0 cm³/mol. The molecule has 0 saturated carbocycles. The summed E-state index contributed by atoms with van der Waals surface area (Å²) >= 11 is 5.59. The Morgan fingerprint density at radius 2 is 1.85 bits per heavy atom. The summed E-state index contributed by atoms with van der Waals surface area (Å²) in [6, 6.07) is 5.41. The quantitative estimate of drug-likeness (QED) is 0.557. The van der Waals surface area contributed by atoms with E-state index in [0.717, 1.165) is 12.8 Å². The van der Waals surface area contributed by atoms with Crippen molar-refractivity contribution in [3.8, 4) is 11.5 Å². The van der Waals surface area contributed by atoms with Gasteiger partial charge in [-0.1, -0.05) is 0 Å². The van der Waals surface area contributed by atoms with Crippen LogP contribution >= 0.6 is 11.6 Å². The molecule has 0 aliphatic rings. The highest BCUT2D eigenvalue weighted by Crippen LogP contribution is 2.30. The SMILES string of the molecule is CCOc1ccc(NC(=O)CCCCCl)cc1OCC. The lowest BCUT2D eigenvalue weighted by Gasteiger charge is -2.13. The van der Waals surface area contributed by atoms with Crippen LogP contribution in [0.4, 0.5) is 5.69 Å². The first kappa shape index (κ1) is 16.6. The van der Waals surface area contributed by atoms with Gasteiger partial charge in [-0.25, -0.2) is 0 Å². The highest BCUT2D eigenvalue weighted by molar-refractivity contribution is 6.17. The van der Waals surface area contributed by atoms with E-state index in [1.54, 1.807) is 6.07 Å². The fraction of sp³-hybridized carbons (Fsp3) is 0.533. The lowest BCUT2D eigenvalue weighted by atomic mass is 10.2. The minimum absolute atomic E-state index is 0.0123. The number of halogens is 1. The molecule has 0 spiro atoms. The van der Waals surface area contributed by atoms with Crippen LogP contribution in [0.15, 0.2) is 18.2 Å². The van der Waals surface area contributed by atoms with E-state index >= 15 is 0 Å². The highest BCUT2D eigenvalue weighted by Gasteiger charge is 2.08. The van der Waals surface area contributed by atoms with E-state index in [-0.39, 0.29) is 5.91 Å². The number of anilines is 1. The largest absolute Gasteiger partial charge is 0.490 e. The molecule has 0 saturated heterocycles. The molecule has 0 unspecified atom stereocenters. The summed E-state index contributed by atoms with van der Waals surface area (Å²) in [5, 5.41) is 2.85. The molecule has 20 heavy (non-hydrogen) atoms. The van der Waals surface area contributed by atoms with Crippen LogP contribution in [0.2, 0.25) is 0 Å². The number of carbonyl (C=O) groups excluding carboxylic acids is 1. The van der Waals surface area contributed by atoms with Crippen molar-refractivity contribution in [2.45, 2.75) is 33.1 Å². The Hall–Kier alpha value is -1.42. The second-order valence-electron chi connectivity index (χ2n) is 4.22. The van der Waals surface area contributed by atoms with Gasteiger partial charge in [0.2, 0.25) is 5.91 Å². The number of hydrogen-bond acceptors (Lipinski definition) is 3. The third kappa shape index (κ3) is 5.70. The van der Waals surface area contributed by atoms with Crippen molar-refractivity contribution in [3.05, 3.63) is 18.2 Å². The summed E-state index contributed by atoms with van der Waals surface area (Å²) in [4.78, 5) is 11.7. The van der Waals surface area contributed by atoms with Gasteiger partial charge in [-0.15, -0.1) is 11.6 Å². The standard InChI is InChI=1S/C15H22ClNO3/c1-3-19-13-9-8-12(11-14(13)20-4-2)17-15(18)7-5-6-10-16/h8-9,11H,3-7,10H2,1-2H3,(H,17,18). The number of benzene rings is 1. The van der Waals surface area contributed by atoms with E-state index < -0.39 is 0 Å². The molecular weight excluding hydrogens is 278 g/mol. The van der Waals surface area contributed by atoms with Gasteiger partial charge in [-0.2, -0.15) is 0 Å². The molecule has 0 radical (unpaired) electrons. The monoisotopic (exact) mass is 299 g/mol. The van der Waals surface area contributed by atoms with E-state index in [4.69, 9.17) is 21.1 Å². The average molecular weight is 300 g/mol. The zero-order valence-electron chi connectivity index (χ0n) is 12.1. The summed E-state index contributed by atoms with van der Waals surface area (Å²) in [5.41, 5.74) is 0.716. The fourth-order valence-corrected chi connectivity index (χ4v) is 1.92. The second-order valence-corrected chi connectivity index (χ2v) is 4.60. The molecule has 112 valence electrons. The number of ether oxygens (including phenoxy) is 2. The fourth-order valence-electron chi connectivity index (χ4n) is 1.73. The van der Waals surface area contributed by atoms with Crippen molar-refractivity contribution in [1.82, 2.24) is 0 Å². The van der Waals surface area contributed by atoms with Crippen molar-refractivity contribution < 1.29 is 14.3 Å². The van der Waals surface area contributed by atoms with Crippen LogP contribution in [0.25, 0.3) is 0 Å². The number of hydrogen-bond donors (Lipinski definition) is 1. The van der Waals surface area contributed by atoms with Gasteiger partial charge in [0.15, 0.2) is 11.5 Å². The summed E-state index contributed by atoms with van der Waals surface area (Å²) in [7, 11) is 0. The van der Waals surface area contributed by atoms with Crippen molar-refractivity contribution in [3.63, 3.8) is 0 Å². The van der Waals surface area contributed by atoms with Crippen LogP contribution in [0, 0.1) is 0 Å². The molecule has 4 nitrogen and oxygen atoms in total. The summed E-state index contributed by atoms with van der Waals surface area (Å²) in [6.45, 7) is 4.95. The molecule has 0 fully saturated rings. The van der Waals surface area contributed by atoms with Gasteiger partial charge in [0.05, 0.1) is 13.2 Å². The van der Waals surface area contributed by atoms with Gasteiger partial charge >= 0.3 is 0 Å². The number of alkyl halides is 1. The summed E-state index contributed by atoms with van der Waals surface area (Å²) in [6.07, 6.45) is 2.12. The van der Waals surface area contributed by atoms with Crippen molar-refractivity contribution in [2.75, 3.05) is 24.4 Å². The molecule has 0 atom stereocenters. The van der Waals surface area contributed by atoms with Crippen LogP contribution < -0.4 is 14.8 Å². The van der Waals surface area contributed by atoms with Gasteiger partial charge in [-0.3, -0.25) is 4.79 Å². The summed E-state index contributed by atoms with van der Waals surface area (Å²) in [5.74, 6) is 1.91. The predicted octanol–water partition coefficient (Wildman–Crippen LogP) is 3.83. The van der Waals surface area contributed by atoms with E-state index in [9.17, 15) is 4.79 Å². The second kappa shape index (κ2) is 9.48. The van der Waals surface area contributed by atoms with Gasteiger partial charge in [0.1, 0.15) is 0 Å². The first-order valence-corrected chi connectivity index (χ1v) is 7.50. The maximum absolute atomic E-state index is 11.7. The van der Waals surface area contributed by atoms with Gasteiger partial charge in [0, 0.05) is 24.1 Å². The molecule has 1 N–H and O–H groups in total. The zero-order chi connectivity index (χ0) is 14.8. The van der Waals surface area contributed by atoms with E-state index in [1.807, 2.05) is 26.0 Å². The molecule has 1 rings (SSSR count). The Morgan fingerprint density at radius 3 is 2.50 bits per heavy atom. The third-order valence-corrected chi connectivity index (χ3v) is 2.88. The zero-order valence-corrected chi connectivity index (χ0v) is 12.8. The molecule has 5 heteroatoms. The first-order chi connectivity index (χ1) is 9.71. The van der Waals surface area contributed by atoms with Crippen molar-refractivity contribution >= 4 is 23.2 Å². The van der Waals surface area contributed by atoms with E-state index in [1.165, 1.54) is 0 Å². The lowest BCUT2D eigenvalue weighted by molar-refractivity contribution is -0.116. The minimum Gasteiger partial charge on any atom is -0.490 e. The Bertz CT molecular complexity index is 424. The van der Waals surface area contributed by atoms with Gasteiger partial charge < -0.3 is 14.8 Å². The molecule has 0 aliphatic heterocycles. The topological polar surface area (TPSA) is 47.6 Å². The normalized spacial score (nSPS) is 10.2. The number of amides is 1. The van der Waals surface area contributed by atoms with Gasteiger partial charge in [0.25, 0.3) is 0 Å². The molecule has 0 heterocycles. The average Bonchev–Trinajstić information content (AvgIpc) is 2.42. The highest BCUT2D eigenvalue weighted by atomic mass is 35.5. The lowest BCUT2D eigenvalue weighted by Crippen LogP contribution is -2.11. The molecular formula is C15H22ClNO3. The van der Waals surface area contributed by atoms with Crippen LogP contribution in [-0.2, 0) is 4.79 Å². The van der Waals surface area contributed by atoms with Crippen LogP contribution in [0.3, 0.4) is 0 Å². The van der Waals surface area contributed by atoms with E-state index in [0.29, 0.717) is 42.7 Å². The number of carbonyl (C=O) groups is 1. The van der Waals surface area contributed by atoms with Gasteiger partial charge in [-0.05, 0) is 38.8 Å². The number of unbranched alkanes of at least 4 members (excludes halogenated alkanes) is 1. The third-order valence-electron chi connectivity index (χ3n) is 2.61. The molecule has 0 aromatic heterocycles. The molecule has 0 bridgehead atoms. The first-order valence-electron chi connectivity index (χ1n) is 6.96. The number of nitrogens with one attached hydrogen (secondary N) is 1. The maximum atomic E-state index is 11.7. The summed E-state index contributed by atoms with van der Waals surface area (Å²) < 4.78 is 11.0. The Labute approximate surface area is 125 Å². The molecule has 1 amide bonds. The molecule has 1 aromatic carbocycles. The Morgan fingerprint density at radius 1 is 1.15 bits per heavy atom. The Kier molecular flexibility index (Phi) is 7.88. The number of rotatable bonds is 9. The van der Waals surface area contributed by atoms with Crippen LogP contribution in [-0.4, -0.2) is 25.0 Å².